The fourth-order valence-corrected chi connectivity index (χ4v) is 2.72. The van der Waals surface area contributed by atoms with E-state index in [-0.39, 0.29) is 6.04 Å². The number of nitrogens with zero attached hydrogens (tertiary/aromatic N) is 2. The molecule has 0 bridgehead atoms. The molecule has 1 unspecified atom stereocenters. The lowest BCUT2D eigenvalue weighted by Crippen LogP contribution is -2.26. The van der Waals surface area contributed by atoms with Crippen LogP contribution >= 0.6 is 0 Å². The van der Waals surface area contributed by atoms with Crippen LogP contribution in [0.4, 0.5) is 5.82 Å². The summed E-state index contributed by atoms with van der Waals surface area (Å²) in [7, 11) is 0. The molecule has 1 aliphatic rings. The minimum Gasteiger partial charge on any atom is -0.354 e. The van der Waals surface area contributed by atoms with Crippen molar-refractivity contribution in [2.75, 3.05) is 18.0 Å². The highest BCUT2D eigenvalue weighted by atomic mass is 15.3. The summed E-state index contributed by atoms with van der Waals surface area (Å²) in [4.78, 5) is 2.24. The van der Waals surface area contributed by atoms with Crippen LogP contribution in [-0.4, -0.2) is 29.3 Å². The molecule has 0 aliphatic carbocycles. The van der Waals surface area contributed by atoms with Gasteiger partial charge in [0, 0.05) is 30.8 Å². The van der Waals surface area contributed by atoms with E-state index in [1.165, 1.54) is 16.7 Å². The average molecular weight is 256 g/mol. The minimum absolute atomic E-state index is 0.279. The number of H-pyrrole nitrogens is 1. The normalized spacial score (nSPS) is 19.1. The lowest BCUT2D eigenvalue weighted by Gasteiger charge is -2.13. The van der Waals surface area contributed by atoms with Crippen LogP contribution in [0.1, 0.15) is 17.5 Å². The SMILES string of the molecule is Cc1ccc(-c2cc(N3CCC(N)C3)n[nH]2)c(C)c1. The number of benzene rings is 1. The molecule has 0 spiro atoms. The zero-order chi connectivity index (χ0) is 13.4. The van der Waals surface area contributed by atoms with Gasteiger partial charge in [-0.2, -0.15) is 5.10 Å². The second kappa shape index (κ2) is 4.70. The van der Waals surface area contributed by atoms with E-state index in [1.54, 1.807) is 0 Å². The smallest absolute Gasteiger partial charge is 0.151 e. The Balaban J connectivity index is 1.88. The van der Waals surface area contributed by atoms with Crippen molar-refractivity contribution in [2.45, 2.75) is 26.3 Å². The molecular weight excluding hydrogens is 236 g/mol. The molecule has 2 aromatic rings. The molecule has 1 saturated heterocycles. The van der Waals surface area contributed by atoms with Crippen molar-refractivity contribution < 1.29 is 0 Å². The van der Waals surface area contributed by atoms with E-state index in [0.717, 1.165) is 31.0 Å². The summed E-state index contributed by atoms with van der Waals surface area (Å²) in [5.41, 5.74) is 10.8. The number of aryl methyl sites for hydroxylation is 2. The largest absolute Gasteiger partial charge is 0.354 e. The molecule has 1 fully saturated rings. The summed E-state index contributed by atoms with van der Waals surface area (Å²) in [6.07, 6.45) is 1.05. The van der Waals surface area contributed by atoms with Gasteiger partial charge >= 0.3 is 0 Å². The molecule has 3 N–H and O–H groups in total. The van der Waals surface area contributed by atoms with Crippen molar-refractivity contribution in [1.82, 2.24) is 10.2 Å². The fourth-order valence-electron chi connectivity index (χ4n) is 2.72. The van der Waals surface area contributed by atoms with Gasteiger partial charge in [-0.1, -0.05) is 23.8 Å². The lowest BCUT2D eigenvalue weighted by atomic mass is 10.0. The first kappa shape index (κ1) is 12.2. The van der Waals surface area contributed by atoms with Gasteiger partial charge in [0.2, 0.25) is 0 Å². The second-order valence-electron chi connectivity index (χ2n) is 5.45. The molecule has 100 valence electrons. The van der Waals surface area contributed by atoms with Crippen molar-refractivity contribution >= 4 is 5.82 Å². The summed E-state index contributed by atoms with van der Waals surface area (Å²) in [6.45, 7) is 6.14. The summed E-state index contributed by atoms with van der Waals surface area (Å²) < 4.78 is 0. The third-order valence-electron chi connectivity index (χ3n) is 3.79. The number of nitrogens with two attached hydrogens (primary N) is 1. The molecule has 1 aromatic heterocycles. The first-order chi connectivity index (χ1) is 9.13. The Labute approximate surface area is 113 Å². The molecule has 1 atom stereocenters. The first-order valence-corrected chi connectivity index (χ1v) is 6.77. The van der Waals surface area contributed by atoms with E-state index in [1.807, 2.05) is 0 Å². The molecule has 0 saturated carbocycles. The molecular formula is C15H20N4. The Bertz CT molecular complexity index is 588. The molecule has 19 heavy (non-hydrogen) atoms. The number of nitrogens with one attached hydrogen (secondary N) is 1. The number of aromatic amines is 1. The Hall–Kier alpha value is -1.81. The highest BCUT2D eigenvalue weighted by Gasteiger charge is 2.21. The van der Waals surface area contributed by atoms with Gasteiger partial charge in [-0.05, 0) is 25.8 Å². The maximum absolute atomic E-state index is 5.94. The fraction of sp³-hybridized carbons (Fsp3) is 0.400. The van der Waals surface area contributed by atoms with Gasteiger partial charge in [-0.25, -0.2) is 0 Å². The molecule has 1 aromatic carbocycles. The molecule has 1 aliphatic heterocycles. The van der Waals surface area contributed by atoms with Crippen LogP contribution in [-0.2, 0) is 0 Å². The van der Waals surface area contributed by atoms with Crippen molar-refractivity contribution in [1.29, 1.82) is 0 Å². The van der Waals surface area contributed by atoms with Gasteiger partial charge < -0.3 is 10.6 Å². The Morgan fingerprint density at radius 1 is 1.32 bits per heavy atom. The summed E-state index contributed by atoms with van der Waals surface area (Å²) in [6, 6.07) is 8.88. The number of aromatic nitrogens is 2. The first-order valence-electron chi connectivity index (χ1n) is 6.77. The summed E-state index contributed by atoms with van der Waals surface area (Å²) in [5.74, 6) is 1.00. The zero-order valence-corrected chi connectivity index (χ0v) is 11.5. The van der Waals surface area contributed by atoms with Crippen molar-refractivity contribution in [3.05, 3.63) is 35.4 Å². The van der Waals surface area contributed by atoms with Crippen molar-refractivity contribution in [3.8, 4) is 11.3 Å². The van der Waals surface area contributed by atoms with Gasteiger partial charge in [0.15, 0.2) is 5.82 Å². The molecule has 4 nitrogen and oxygen atoms in total. The van der Waals surface area contributed by atoms with Crippen LogP contribution in [0.25, 0.3) is 11.3 Å². The van der Waals surface area contributed by atoms with Gasteiger partial charge in [0.1, 0.15) is 0 Å². The summed E-state index contributed by atoms with van der Waals surface area (Å²) >= 11 is 0. The van der Waals surface area contributed by atoms with E-state index >= 15 is 0 Å². The predicted octanol–water partition coefficient (Wildman–Crippen LogP) is 2.23. The van der Waals surface area contributed by atoms with Crippen LogP contribution in [0, 0.1) is 13.8 Å². The van der Waals surface area contributed by atoms with Gasteiger partial charge in [0.25, 0.3) is 0 Å². The monoisotopic (exact) mass is 256 g/mol. The van der Waals surface area contributed by atoms with Gasteiger partial charge in [-0.15, -0.1) is 0 Å². The zero-order valence-electron chi connectivity index (χ0n) is 11.5. The predicted molar refractivity (Wildman–Crippen MR) is 78.3 cm³/mol. The maximum Gasteiger partial charge on any atom is 0.151 e. The molecule has 2 heterocycles. The molecule has 0 amide bonds. The standard InChI is InChI=1S/C15H20N4/c1-10-3-4-13(11(2)7-10)14-8-15(18-17-14)19-6-5-12(16)9-19/h3-4,7-8,12H,5-6,9,16H2,1-2H3,(H,17,18). The number of rotatable bonds is 2. The van der Waals surface area contributed by atoms with Crippen molar-refractivity contribution in [2.24, 2.45) is 5.73 Å². The topological polar surface area (TPSA) is 57.9 Å². The van der Waals surface area contributed by atoms with E-state index in [9.17, 15) is 0 Å². The van der Waals surface area contributed by atoms with Crippen LogP contribution in [0.5, 0.6) is 0 Å². The van der Waals surface area contributed by atoms with Gasteiger partial charge in [0.05, 0.1) is 5.69 Å². The second-order valence-corrected chi connectivity index (χ2v) is 5.45. The van der Waals surface area contributed by atoms with E-state index < -0.39 is 0 Å². The highest BCUT2D eigenvalue weighted by molar-refractivity contribution is 5.67. The minimum atomic E-state index is 0.279. The molecule has 4 heteroatoms. The lowest BCUT2D eigenvalue weighted by molar-refractivity contribution is 0.751. The van der Waals surface area contributed by atoms with Gasteiger partial charge in [-0.3, -0.25) is 5.10 Å². The maximum atomic E-state index is 5.94. The number of hydrogen-bond donors (Lipinski definition) is 2. The average Bonchev–Trinajstić information content (AvgIpc) is 2.97. The highest BCUT2D eigenvalue weighted by Crippen LogP contribution is 2.26. The Morgan fingerprint density at radius 3 is 2.84 bits per heavy atom. The molecule has 0 radical (unpaired) electrons. The van der Waals surface area contributed by atoms with E-state index in [2.05, 4.69) is 53.2 Å². The summed E-state index contributed by atoms with van der Waals surface area (Å²) in [5, 5.41) is 7.56. The van der Waals surface area contributed by atoms with Crippen LogP contribution < -0.4 is 10.6 Å². The Morgan fingerprint density at radius 2 is 2.16 bits per heavy atom. The van der Waals surface area contributed by atoms with Crippen molar-refractivity contribution in [3.63, 3.8) is 0 Å². The van der Waals surface area contributed by atoms with Crippen LogP contribution in [0.3, 0.4) is 0 Å². The van der Waals surface area contributed by atoms with E-state index in [4.69, 9.17) is 5.73 Å². The van der Waals surface area contributed by atoms with Crippen LogP contribution in [0.2, 0.25) is 0 Å². The number of anilines is 1. The van der Waals surface area contributed by atoms with Crippen LogP contribution in [0.15, 0.2) is 24.3 Å². The Kier molecular flexibility index (Phi) is 3.03. The third kappa shape index (κ3) is 2.36. The molecule has 3 rings (SSSR count). The third-order valence-corrected chi connectivity index (χ3v) is 3.79. The quantitative estimate of drug-likeness (QED) is 0.866. The van der Waals surface area contributed by atoms with E-state index in [0.29, 0.717) is 0 Å². The number of hydrogen-bond acceptors (Lipinski definition) is 3.